The van der Waals surface area contributed by atoms with Crippen LogP contribution in [0.3, 0.4) is 0 Å². The van der Waals surface area contributed by atoms with E-state index in [1.807, 2.05) is 6.26 Å². The second-order valence-electron chi connectivity index (χ2n) is 2.49. The third kappa shape index (κ3) is 2.87. The van der Waals surface area contributed by atoms with E-state index >= 15 is 0 Å². The van der Waals surface area contributed by atoms with Gasteiger partial charge in [0.15, 0.2) is 0 Å². The maximum Gasteiger partial charge on any atom is 0.342 e. The van der Waals surface area contributed by atoms with Crippen LogP contribution < -0.4 is 0 Å². The van der Waals surface area contributed by atoms with Crippen LogP contribution in [0.2, 0.25) is 0 Å². The van der Waals surface area contributed by atoms with Gasteiger partial charge in [-0.25, -0.2) is 4.79 Å². The van der Waals surface area contributed by atoms with Crippen LogP contribution >= 0.6 is 21.6 Å². The van der Waals surface area contributed by atoms with Crippen LogP contribution in [-0.2, 0) is 0 Å². The van der Waals surface area contributed by atoms with Crippen LogP contribution in [0.15, 0.2) is 23.1 Å². The first-order valence-electron chi connectivity index (χ1n) is 3.78. The van der Waals surface area contributed by atoms with Crippen molar-refractivity contribution in [3.05, 3.63) is 33.9 Å². The van der Waals surface area contributed by atoms with E-state index in [0.717, 1.165) is 0 Å². The molecule has 0 atom stereocenters. The van der Waals surface area contributed by atoms with Gasteiger partial charge >= 0.3 is 5.97 Å². The molecule has 0 unspecified atom stereocenters. The molecule has 0 fully saturated rings. The summed E-state index contributed by atoms with van der Waals surface area (Å²) in [5, 5.41) is 19.3. The van der Waals surface area contributed by atoms with Gasteiger partial charge in [0.05, 0.1) is 4.92 Å². The molecular formula is C8H7NO4S2. The van der Waals surface area contributed by atoms with Crippen molar-refractivity contribution < 1.29 is 14.8 Å². The van der Waals surface area contributed by atoms with E-state index in [1.165, 1.54) is 33.7 Å². The zero-order valence-corrected chi connectivity index (χ0v) is 9.30. The lowest BCUT2D eigenvalue weighted by Crippen LogP contribution is -2.02. The number of hydrogen-bond donors (Lipinski definition) is 1. The van der Waals surface area contributed by atoms with E-state index in [-0.39, 0.29) is 11.3 Å². The van der Waals surface area contributed by atoms with E-state index in [9.17, 15) is 14.9 Å². The lowest BCUT2D eigenvalue weighted by atomic mass is 10.2. The maximum atomic E-state index is 10.7. The molecule has 1 N–H and O–H groups in total. The maximum absolute atomic E-state index is 10.7. The summed E-state index contributed by atoms with van der Waals surface area (Å²) in [6.45, 7) is 0. The molecule has 0 aliphatic heterocycles. The highest BCUT2D eigenvalue weighted by Gasteiger charge is 2.19. The molecule has 0 radical (unpaired) electrons. The highest BCUT2D eigenvalue weighted by Crippen LogP contribution is 2.32. The third-order valence-electron chi connectivity index (χ3n) is 1.58. The molecule has 80 valence electrons. The van der Waals surface area contributed by atoms with E-state index in [0.29, 0.717) is 4.90 Å². The third-order valence-corrected chi connectivity index (χ3v) is 3.27. The summed E-state index contributed by atoms with van der Waals surface area (Å²) in [5.74, 6) is -1.29. The number of aromatic carboxylic acids is 1. The minimum absolute atomic E-state index is 0.287. The molecule has 0 aromatic heterocycles. The summed E-state index contributed by atoms with van der Waals surface area (Å²) in [4.78, 5) is 21.3. The number of benzene rings is 1. The van der Waals surface area contributed by atoms with Crippen LogP contribution in [-0.4, -0.2) is 22.3 Å². The summed E-state index contributed by atoms with van der Waals surface area (Å²) in [5.41, 5.74) is -0.660. The minimum Gasteiger partial charge on any atom is -0.477 e. The van der Waals surface area contributed by atoms with Crippen LogP contribution in [0.4, 0.5) is 5.69 Å². The van der Waals surface area contributed by atoms with Crippen molar-refractivity contribution in [2.75, 3.05) is 6.26 Å². The van der Waals surface area contributed by atoms with E-state index in [2.05, 4.69) is 0 Å². The Morgan fingerprint density at radius 1 is 1.53 bits per heavy atom. The monoisotopic (exact) mass is 245 g/mol. The van der Waals surface area contributed by atoms with Crippen molar-refractivity contribution in [1.29, 1.82) is 0 Å². The van der Waals surface area contributed by atoms with Crippen LogP contribution in [0.1, 0.15) is 10.4 Å². The summed E-state index contributed by atoms with van der Waals surface area (Å²) in [6.07, 6.45) is 1.83. The second-order valence-corrected chi connectivity index (χ2v) is 4.96. The number of carbonyl (C=O) groups is 1. The number of carboxylic acid groups (broad SMARTS) is 1. The highest BCUT2D eigenvalue weighted by atomic mass is 33.1. The van der Waals surface area contributed by atoms with Crippen LogP contribution in [0.25, 0.3) is 0 Å². The molecule has 5 nitrogen and oxygen atoms in total. The fourth-order valence-electron chi connectivity index (χ4n) is 0.991. The van der Waals surface area contributed by atoms with Crippen molar-refractivity contribution in [2.45, 2.75) is 4.90 Å². The van der Waals surface area contributed by atoms with Crippen molar-refractivity contribution in [2.24, 2.45) is 0 Å². The van der Waals surface area contributed by atoms with Gasteiger partial charge in [-0.3, -0.25) is 10.1 Å². The van der Waals surface area contributed by atoms with Gasteiger partial charge in [0.25, 0.3) is 5.69 Å². The Kier molecular flexibility index (Phi) is 3.98. The number of nitrogens with zero attached hydrogens (tertiary/aromatic N) is 1. The lowest BCUT2D eigenvalue weighted by Gasteiger charge is -2.00. The summed E-state index contributed by atoms with van der Waals surface area (Å²) >= 11 is 0. The molecule has 1 aromatic carbocycles. The van der Waals surface area contributed by atoms with E-state index in [1.54, 1.807) is 6.07 Å². The number of rotatable bonds is 4. The van der Waals surface area contributed by atoms with Gasteiger partial charge in [-0.2, -0.15) is 0 Å². The zero-order chi connectivity index (χ0) is 11.4. The Balaban J connectivity index is 3.21. The van der Waals surface area contributed by atoms with Gasteiger partial charge in [-0.05, 0) is 18.4 Å². The van der Waals surface area contributed by atoms with Crippen molar-refractivity contribution in [3.63, 3.8) is 0 Å². The largest absolute Gasteiger partial charge is 0.477 e. The number of carboxylic acids is 1. The first-order valence-corrected chi connectivity index (χ1v) is 6.34. The second kappa shape index (κ2) is 5.04. The standard InChI is InChI=1S/C8H7NO4S2/c1-14-15-5-2-3-6(8(10)11)7(4-5)9(12)13/h2-4H,1H3,(H,10,11). The van der Waals surface area contributed by atoms with Crippen LogP contribution in [0.5, 0.6) is 0 Å². The SMILES string of the molecule is CSSc1ccc(C(=O)O)c([N+](=O)[O-])c1. The molecule has 1 aromatic rings. The molecule has 0 saturated carbocycles. The molecule has 0 heterocycles. The number of nitro groups is 1. The quantitative estimate of drug-likeness (QED) is 0.499. The smallest absolute Gasteiger partial charge is 0.342 e. The fraction of sp³-hybridized carbons (Fsp3) is 0.125. The van der Waals surface area contributed by atoms with Gasteiger partial charge in [-0.15, -0.1) is 0 Å². The first-order chi connectivity index (χ1) is 7.06. The van der Waals surface area contributed by atoms with Crippen molar-refractivity contribution in [3.8, 4) is 0 Å². The molecule has 0 aliphatic rings. The Hall–Kier alpha value is -1.21. The molecule has 0 saturated heterocycles. The van der Waals surface area contributed by atoms with Crippen molar-refractivity contribution >= 4 is 33.2 Å². The summed E-state index contributed by atoms with van der Waals surface area (Å²) in [6, 6.07) is 4.07. The molecule has 1 rings (SSSR count). The van der Waals surface area contributed by atoms with Gasteiger partial charge in [0.1, 0.15) is 5.56 Å². The molecule has 15 heavy (non-hydrogen) atoms. The topological polar surface area (TPSA) is 80.4 Å². The van der Waals surface area contributed by atoms with E-state index < -0.39 is 10.9 Å². The molecule has 0 spiro atoms. The Morgan fingerprint density at radius 3 is 2.67 bits per heavy atom. The Morgan fingerprint density at radius 2 is 2.20 bits per heavy atom. The number of nitro benzene ring substituents is 1. The molecule has 0 aliphatic carbocycles. The number of hydrogen-bond acceptors (Lipinski definition) is 5. The molecule has 0 bridgehead atoms. The predicted octanol–water partition coefficient (Wildman–Crippen LogP) is 2.66. The lowest BCUT2D eigenvalue weighted by molar-refractivity contribution is -0.385. The minimum atomic E-state index is -1.29. The zero-order valence-electron chi connectivity index (χ0n) is 7.67. The predicted molar refractivity (Wildman–Crippen MR) is 59.4 cm³/mol. The van der Waals surface area contributed by atoms with Gasteiger partial charge in [0, 0.05) is 11.0 Å². The Labute approximate surface area is 93.4 Å². The van der Waals surface area contributed by atoms with Crippen LogP contribution in [0, 0.1) is 10.1 Å². The fourth-order valence-corrected chi connectivity index (χ4v) is 2.36. The molecule has 0 amide bonds. The van der Waals surface area contributed by atoms with Gasteiger partial charge < -0.3 is 5.11 Å². The molecule has 7 heteroatoms. The van der Waals surface area contributed by atoms with Gasteiger partial charge in [-0.1, -0.05) is 21.6 Å². The molecular weight excluding hydrogens is 238 g/mol. The highest BCUT2D eigenvalue weighted by molar-refractivity contribution is 8.76. The normalized spacial score (nSPS) is 9.93. The van der Waals surface area contributed by atoms with Gasteiger partial charge in [0.2, 0.25) is 0 Å². The summed E-state index contributed by atoms with van der Waals surface area (Å²) < 4.78 is 0. The average Bonchev–Trinajstić information content (AvgIpc) is 2.17. The van der Waals surface area contributed by atoms with E-state index in [4.69, 9.17) is 5.11 Å². The average molecular weight is 245 g/mol. The summed E-state index contributed by atoms with van der Waals surface area (Å²) in [7, 11) is 2.78. The Bertz CT molecular complexity index is 408. The van der Waals surface area contributed by atoms with Crippen molar-refractivity contribution in [1.82, 2.24) is 0 Å². The first kappa shape index (κ1) is 11.9.